The van der Waals surface area contributed by atoms with Crippen LogP contribution in [0.1, 0.15) is 27.6 Å². The summed E-state index contributed by atoms with van der Waals surface area (Å²) in [6.45, 7) is 1.79. The van der Waals surface area contributed by atoms with Gasteiger partial charge < -0.3 is 10.8 Å². The Labute approximate surface area is 103 Å². The maximum atomic E-state index is 11.2. The van der Waals surface area contributed by atoms with E-state index >= 15 is 0 Å². The maximum Gasteiger partial charge on any atom is 0.348 e. The van der Waals surface area contributed by atoms with Crippen molar-refractivity contribution in [1.82, 2.24) is 4.98 Å². The van der Waals surface area contributed by atoms with E-state index in [9.17, 15) is 4.79 Å². The van der Waals surface area contributed by atoms with E-state index in [2.05, 4.69) is 4.98 Å². The zero-order valence-electron chi connectivity index (χ0n) is 9.25. The Kier molecular flexibility index (Phi) is 3.21. The van der Waals surface area contributed by atoms with Gasteiger partial charge in [-0.25, -0.2) is 9.78 Å². The Morgan fingerprint density at radius 1 is 1.41 bits per heavy atom. The Morgan fingerprint density at radius 2 is 2.06 bits per heavy atom. The number of hydrogen-bond donors (Lipinski definition) is 2. The van der Waals surface area contributed by atoms with Crippen molar-refractivity contribution in [2.24, 2.45) is 5.73 Å². The van der Waals surface area contributed by atoms with Crippen LogP contribution >= 0.6 is 11.3 Å². The molecule has 0 spiro atoms. The van der Waals surface area contributed by atoms with Gasteiger partial charge in [-0.05, 0) is 6.92 Å². The molecular formula is C12H12N2O2S. The number of carbonyl (C=O) groups is 1. The number of aromatic carboxylic acids is 1. The van der Waals surface area contributed by atoms with Gasteiger partial charge in [0.05, 0.1) is 11.7 Å². The minimum Gasteiger partial charge on any atom is -0.477 e. The summed E-state index contributed by atoms with van der Waals surface area (Å²) in [4.78, 5) is 15.7. The number of carboxylic acid groups (broad SMARTS) is 1. The fourth-order valence-electron chi connectivity index (χ4n) is 1.47. The first-order valence-electron chi connectivity index (χ1n) is 5.14. The lowest BCUT2D eigenvalue weighted by molar-refractivity contribution is 0.0702. The third kappa shape index (κ3) is 2.35. The van der Waals surface area contributed by atoms with Crippen molar-refractivity contribution >= 4 is 17.3 Å². The van der Waals surface area contributed by atoms with Crippen LogP contribution in [0.2, 0.25) is 0 Å². The van der Waals surface area contributed by atoms with E-state index in [0.717, 1.165) is 16.9 Å². The van der Waals surface area contributed by atoms with Crippen molar-refractivity contribution < 1.29 is 9.90 Å². The standard InChI is InChI=1S/C12H12N2O2S/c1-7(13)11-14-9(10(17-11)12(15)16)8-5-3-2-4-6-8/h2-7H,13H2,1H3,(H,15,16). The van der Waals surface area contributed by atoms with Gasteiger partial charge in [-0.3, -0.25) is 0 Å². The molecule has 0 radical (unpaired) electrons. The maximum absolute atomic E-state index is 11.2. The summed E-state index contributed by atoms with van der Waals surface area (Å²) >= 11 is 1.13. The second kappa shape index (κ2) is 4.65. The number of carboxylic acids is 1. The average Bonchev–Trinajstić information content (AvgIpc) is 2.75. The Morgan fingerprint density at radius 3 is 2.59 bits per heavy atom. The molecule has 0 saturated heterocycles. The third-order valence-corrected chi connectivity index (χ3v) is 3.52. The number of nitrogens with two attached hydrogens (primary N) is 1. The highest BCUT2D eigenvalue weighted by atomic mass is 32.1. The highest BCUT2D eigenvalue weighted by Crippen LogP contribution is 2.30. The average molecular weight is 248 g/mol. The minimum absolute atomic E-state index is 0.239. The van der Waals surface area contributed by atoms with Crippen molar-refractivity contribution in [3.05, 3.63) is 40.2 Å². The van der Waals surface area contributed by atoms with Crippen LogP contribution in [0.3, 0.4) is 0 Å². The second-order valence-corrected chi connectivity index (χ2v) is 4.72. The molecular weight excluding hydrogens is 236 g/mol. The van der Waals surface area contributed by atoms with E-state index in [1.54, 1.807) is 6.92 Å². The van der Waals surface area contributed by atoms with Crippen LogP contribution < -0.4 is 5.73 Å². The van der Waals surface area contributed by atoms with E-state index in [1.807, 2.05) is 30.3 Å². The van der Waals surface area contributed by atoms with E-state index in [-0.39, 0.29) is 10.9 Å². The van der Waals surface area contributed by atoms with Crippen LogP contribution in [0.4, 0.5) is 0 Å². The van der Waals surface area contributed by atoms with Crippen LogP contribution in [0, 0.1) is 0 Å². The van der Waals surface area contributed by atoms with Gasteiger partial charge in [0, 0.05) is 5.56 Å². The van der Waals surface area contributed by atoms with Crippen LogP contribution in [-0.4, -0.2) is 16.1 Å². The summed E-state index contributed by atoms with van der Waals surface area (Å²) in [6.07, 6.45) is 0. The summed E-state index contributed by atoms with van der Waals surface area (Å²) in [5.74, 6) is -0.965. The van der Waals surface area contributed by atoms with Gasteiger partial charge in [0.15, 0.2) is 0 Å². The summed E-state index contributed by atoms with van der Waals surface area (Å²) in [7, 11) is 0. The zero-order chi connectivity index (χ0) is 12.4. The molecule has 0 saturated carbocycles. The van der Waals surface area contributed by atoms with Gasteiger partial charge >= 0.3 is 5.97 Å². The number of aromatic nitrogens is 1. The summed E-state index contributed by atoms with van der Waals surface area (Å²) in [5.41, 5.74) is 7.02. The van der Waals surface area contributed by atoms with Gasteiger partial charge in [0.2, 0.25) is 0 Å². The van der Waals surface area contributed by atoms with Gasteiger partial charge in [-0.1, -0.05) is 30.3 Å². The van der Waals surface area contributed by atoms with Gasteiger partial charge in [-0.2, -0.15) is 0 Å². The lowest BCUT2D eigenvalue weighted by Gasteiger charge is -1.98. The van der Waals surface area contributed by atoms with Crippen molar-refractivity contribution in [2.75, 3.05) is 0 Å². The molecule has 1 atom stereocenters. The molecule has 1 aromatic carbocycles. The molecule has 5 heteroatoms. The Bertz CT molecular complexity index is 535. The fourth-order valence-corrected chi connectivity index (χ4v) is 2.35. The van der Waals surface area contributed by atoms with Crippen molar-refractivity contribution in [3.8, 4) is 11.3 Å². The van der Waals surface area contributed by atoms with Crippen LogP contribution in [0.25, 0.3) is 11.3 Å². The third-order valence-electron chi connectivity index (χ3n) is 2.27. The molecule has 0 aliphatic rings. The summed E-state index contributed by atoms with van der Waals surface area (Å²) < 4.78 is 0. The zero-order valence-corrected chi connectivity index (χ0v) is 10.1. The molecule has 0 bridgehead atoms. The predicted molar refractivity (Wildman–Crippen MR) is 67.1 cm³/mol. The molecule has 3 N–H and O–H groups in total. The van der Waals surface area contributed by atoms with Crippen LogP contribution in [-0.2, 0) is 0 Å². The van der Waals surface area contributed by atoms with Crippen LogP contribution in [0.15, 0.2) is 30.3 Å². The lowest BCUT2D eigenvalue weighted by atomic mass is 10.1. The number of nitrogens with zero attached hydrogens (tertiary/aromatic N) is 1. The molecule has 2 rings (SSSR count). The Balaban J connectivity index is 2.56. The number of hydrogen-bond acceptors (Lipinski definition) is 4. The van der Waals surface area contributed by atoms with Gasteiger partial charge in [0.25, 0.3) is 0 Å². The molecule has 4 nitrogen and oxygen atoms in total. The normalized spacial score (nSPS) is 12.4. The first-order valence-corrected chi connectivity index (χ1v) is 5.96. The number of rotatable bonds is 3. The van der Waals surface area contributed by atoms with Crippen LogP contribution in [0.5, 0.6) is 0 Å². The van der Waals surface area contributed by atoms with Gasteiger partial charge in [-0.15, -0.1) is 11.3 Å². The molecule has 1 heterocycles. The Hall–Kier alpha value is -1.72. The number of thiazole rings is 1. The monoisotopic (exact) mass is 248 g/mol. The summed E-state index contributed by atoms with van der Waals surface area (Å²) in [6, 6.07) is 9.01. The second-order valence-electron chi connectivity index (χ2n) is 3.69. The molecule has 1 unspecified atom stereocenters. The van der Waals surface area contributed by atoms with E-state index in [0.29, 0.717) is 10.7 Å². The molecule has 88 valence electrons. The molecule has 2 aromatic rings. The highest BCUT2D eigenvalue weighted by molar-refractivity contribution is 7.14. The SMILES string of the molecule is CC(N)c1nc(-c2ccccc2)c(C(=O)O)s1. The highest BCUT2D eigenvalue weighted by Gasteiger charge is 2.19. The first-order chi connectivity index (χ1) is 8.09. The molecule has 0 aliphatic carbocycles. The van der Waals surface area contributed by atoms with E-state index in [1.165, 1.54) is 0 Å². The van der Waals surface area contributed by atoms with Gasteiger partial charge in [0.1, 0.15) is 9.88 Å². The fraction of sp³-hybridized carbons (Fsp3) is 0.167. The molecule has 0 amide bonds. The minimum atomic E-state index is -0.965. The molecule has 0 fully saturated rings. The quantitative estimate of drug-likeness (QED) is 0.875. The number of benzene rings is 1. The predicted octanol–water partition coefficient (Wildman–Crippen LogP) is 2.53. The van der Waals surface area contributed by atoms with Crippen molar-refractivity contribution in [1.29, 1.82) is 0 Å². The molecule has 1 aromatic heterocycles. The van der Waals surface area contributed by atoms with E-state index in [4.69, 9.17) is 10.8 Å². The largest absolute Gasteiger partial charge is 0.477 e. The van der Waals surface area contributed by atoms with Crippen molar-refractivity contribution in [3.63, 3.8) is 0 Å². The summed E-state index contributed by atoms with van der Waals surface area (Å²) in [5, 5.41) is 9.79. The van der Waals surface area contributed by atoms with E-state index < -0.39 is 5.97 Å². The van der Waals surface area contributed by atoms with Crippen molar-refractivity contribution in [2.45, 2.75) is 13.0 Å². The topological polar surface area (TPSA) is 76.2 Å². The lowest BCUT2D eigenvalue weighted by Crippen LogP contribution is -2.03. The smallest absolute Gasteiger partial charge is 0.348 e. The first kappa shape index (κ1) is 11.8. The molecule has 0 aliphatic heterocycles. The molecule has 17 heavy (non-hydrogen) atoms.